The number of carbonyl (C=O) groups is 1. The molecule has 2 heterocycles. The van der Waals surface area contributed by atoms with E-state index in [0.29, 0.717) is 18.0 Å². The zero-order valence-electron chi connectivity index (χ0n) is 16.4. The number of pyridine rings is 1. The normalized spacial score (nSPS) is 18.6. The molecule has 1 aromatic heterocycles. The van der Waals surface area contributed by atoms with Gasteiger partial charge in [-0.25, -0.2) is 4.39 Å². The van der Waals surface area contributed by atoms with E-state index in [1.54, 1.807) is 6.20 Å². The van der Waals surface area contributed by atoms with Crippen LogP contribution in [0.15, 0.2) is 42.6 Å². The number of hydrogen-bond acceptors (Lipinski definition) is 3. The first-order valence-electron chi connectivity index (χ1n) is 9.64. The van der Waals surface area contributed by atoms with Crippen molar-refractivity contribution in [2.75, 3.05) is 19.6 Å². The number of nitrogens with zero attached hydrogens (tertiary/aromatic N) is 3. The van der Waals surface area contributed by atoms with Crippen LogP contribution in [0.1, 0.15) is 41.9 Å². The highest BCUT2D eigenvalue weighted by molar-refractivity contribution is 5.94. The summed E-state index contributed by atoms with van der Waals surface area (Å²) in [6.45, 7) is 9.46. The Hall–Kier alpha value is -2.27. The molecule has 1 aliphatic heterocycles. The van der Waals surface area contributed by atoms with Crippen LogP contribution < -0.4 is 0 Å². The Labute approximate surface area is 161 Å². The molecule has 0 unspecified atom stereocenters. The lowest BCUT2D eigenvalue weighted by Crippen LogP contribution is -2.45. The second-order valence-electron chi connectivity index (χ2n) is 7.70. The highest BCUT2D eigenvalue weighted by Gasteiger charge is 2.30. The molecule has 0 spiro atoms. The fraction of sp³-hybridized carbons (Fsp3) is 0.455. The van der Waals surface area contributed by atoms with Crippen molar-refractivity contribution < 1.29 is 9.18 Å². The summed E-state index contributed by atoms with van der Waals surface area (Å²) in [6.07, 6.45) is 2.60. The zero-order valence-corrected chi connectivity index (χ0v) is 16.4. The predicted octanol–water partition coefficient (Wildman–Crippen LogP) is 3.90. The second-order valence-corrected chi connectivity index (χ2v) is 7.70. The summed E-state index contributed by atoms with van der Waals surface area (Å²) in [7, 11) is 0. The van der Waals surface area contributed by atoms with Gasteiger partial charge in [-0.1, -0.05) is 26.0 Å². The fourth-order valence-corrected chi connectivity index (χ4v) is 3.68. The van der Waals surface area contributed by atoms with Crippen LogP contribution in [0.2, 0.25) is 0 Å². The van der Waals surface area contributed by atoms with Crippen molar-refractivity contribution in [2.45, 2.75) is 39.8 Å². The van der Waals surface area contributed by atoms with Gasteiger partial charge in [0.15, 0.2) is 0 Å². The van der Waals surface area contributed by atoms with Gasteiger partial charge < -0.3 is 4.90 Å². The zero-order chi connectivity index (χ0) is 19.4. The van der Waals surface area contributed by atoms with Gasteiger partial charge >= 0.3 is 0 Å². The van der Waals surface area contributed by atoms with Crippen molar-refractivity contribution in [3.63, 3.8) is 0 Å². The van der Waals surface area contributed by atoms with Crippen LogP contribution in [-0.4, -0.2) is 46.4 Å². The maximum absolute atomic E-state index is 13.2. The Morgan fingerprint density at radius 2 is 1.93 bits per heavy atom. The standard InChI is InChI=1S/C22H28FN3O/c1-16(2)21-15-26(22(27)19-8-5-17(3)24-13-19)12-4-11-25(21)14-18-6-9-20(23)10-7-18/h5-10,13,16,21H,4,11-12,14-15H2,1-3H3/t21-/m1/s1. The molecule has 27 heavy (non-hydrogen) atoms. The molecule has 5 heteroatoms. The van der Waals surface area contributed by atoms with Crippen LogP contribution in [-0.2, 0) is 6.54 Å². The summed E-state index contributed by atoms with van der Waals surface area (Å²) >= 11 is 0. The van der Waals surface area contributed by atoms with E-state index in [4.69, 9.17) is 0 Å². The smallest absolute Gasteiger partial charge is 0.255 e. The van der Waals surface area contributed by atoms with Crippen molar-refractivity contribution in [2.24, 2.45) is 5.92 Å². The average molecular weight is 369 g/mol. The van der Waals surface area contributed by atoms with Gasteiger partial charge in [-0.3, -0.25) is 14.7 Å². The van der Waals surface area contributed by atoms with Crippen LogP contribution in [0, 0.1) is 18.7 Å². The molecule has 1 amide bonds. The van der Waals surface area contributed by atoms with Crippen molar-refractivity contribution in [1.29, 1.82) is 0 Å². The van der Waals surface area contributed by atoms with Crippen molar-refractivity contribution in [3.05, 3.63) is 65.2 Å². The molecular formula is C22H28FN3O. The number of benzene rings is 1. The summed E-state index contributed by atoms with van der Waals surface area (Å²) in [5.74, 6) is 0.255. The molecule has 2 aromatic rings. The third-order valence-electron chi connectivity index (χ3n) is 5.26. The summed E-state index contributed by atoms with van der Waals surface area (Å²) in [5, 5.41) is 0. The van der Waals surface area contributed by atoms with E-state index in [1.807, 2.05) is 36.1 Å². The van der Waals surface area contributed by atoms with E-state index in [1.165, 1.54) is 12.1 Å². The maximum Gasteiger partial charge on any atom is 0.255 e. The highest BCUT2D eigenvalue weighted by atomic mass is 19.1. The molecule has 0 bridgehead atoms. The van der Waals surface area contributed by atoms with E-state index in [-0.39, 0.29) is 17.8 Å². The van der Waals surface area contributed by atoms with Crippen molar-refractivity contribution in [1.82, 2.24) is 14.8 Å². The van der Waals surface area contributed by atoms with Gasteiger partial charge in [-0.05, 0) is 49.1 Å². The van der Waals surface area contributed by atoms with Gasteiger partial charge in [0, 0.05) is 44.1 Å². The number of carbonyl (C=O) groups excluding carboxylic acids is 1. The Bertz CT molecular complexity index is 758. The lowest BCUT2D eigenvalue weighted by atomic mass is 10.0. The minimum Gasteiger partial charge on any atom is -0.337 e. The SMILES string of the molecule is Cc1ccc(C(=O)N2CCCN(Cc3ccc(F)cc3)[C@@H](C(C)C)C2)cn1. The molecule has 0 N–H and O–H groups in total. The number of aromatic nitrogens is 1. The predicted molar refractivity (Wildman–Crippen MR) is 105 cm³/mol. The van der Waals surface area contributed by atoms with E-state index < -0.39 is 0 Å². The van der Waals surface area contributed by atoms with Gasteiger partial charge in [0.2, 0.25) is 0 Å². The first-order chi connectivity index (χ1) is 12.9. The van der Waals surface area contributed by atoms with Crippen molar-refractivity contribution >= 4 is 5.91 Å². The van der Waals surface area contributed by atoms with Gasteiger partial charge in [0.25, 0.3) is 5.91 Å². The largest absolute Gasteiger partial charge is 0.337 e. The number of rotatable bonds is 4. The van der Waals surface area contributed by atoms with E-state index >= 15 is 0 Å². The minimum absolute atomic E-state index is 0.0526. The van der Waals surface area contributed by atoms with Crippen LogP contribution in [0.25, 0.3) is 0 Å². The molecule has 1 saturated heterocycles. The first kappa shape index (κ1) is 19.5. The van der Waals surface area contributed by atoms with E-state index in [9.17, 15) is 9.18 Å². The Morgan fingerprint density at radius 1 is 1.19 bits per heavy atom. The molecule has 3 rings (SSSR count). The number of aryl methyl sites for hydroxylation is 1. The molecular weight excluding hydrogens is 341 g/mol. The van der Waals surface area contributed by atoms with Crippen LogP contribution in [0.4, 0.5) is 4.39 Å². The van der Waals surface area contributed by atoms with Gasteiger partial charge in [0.05, 0.1) is 5.56 Å². The number of amides is 1. The van der Waals surface area contributed by atoms with Crippen LogP contribution >= 0.6 is 0 Å². The molecule has 0 radical (unpaired) electrons. The van der Waals surface area contributed by atoms with Crippen LogP contribution in [0.5, 0.6) is 0 Å². The van der Waals surface area contributed by atoms with Gasteiger partial charge in [-0.15, -0.1) is 0 Å². The molecule has 1 atom stereocenters. The first-order valence-corrected chi connectivity index (χ1v) is 9.64. The highest BCUT2D eigenvalue weighted by Crippen LogP contribution is 2.21. The number of halogens is 1. The number of hydrogen-bond donors (Lipinski definition) is 0. The van der Waals surface area contributed by atoms with E-state index in [0.717, 1.165) is 37.3 Å². The summed E-state index contributed by atoms with van der Waals surface area (Å²) in [6, 6.07) is 10.7. The molecule has 1 aromatic carbocycles. The third kappa shape index (κ3) is 4.92. The van der Waals surface area contributed by atoms with E-state index in [2.05, 4.69) is 23.7 Å². The molecule has 144 valence electrons. The fourth-order valence-electron chi connectivity index (χ4n) is 3.68. The molecule has 0 saturated carbocycles. The summed E-state index contributed by atoms with van der Waals surface area (Å²) in [5.41, 5.74) is 2.66. The Balaban J connectivity index is 1.75. The Kier molecular flexibility index (Phi) is 6.22. The van der Waals surface area contributed by atoms with Gasteiger partial charge in [0.1, 0.15) is 5.82 Å². The molecule has 4 nitrogen and oxygen atoms in total. The van der Waals surface area contributed by atoms with Crippen molar-refractivity contribution in [3.8, 4) is 0 Å². The third-order valence-corrected chi connectivity index (χ3v) is 5.26. The lowest BCUT2D eigenvalue weighted by Gasteiger charge is -2.34. The van der Waals surface area contributed by atoms with Crippen LogP contribution in [0.3, 0.4) is 0 Å². The lowest BCUT2D eigenvalue weighted by molar-refractivity contribution is 0.0702. The average Bonchev–Trinajstić information content (AvgIpc) is 2.86. The maximum atomic E-state index is 13.2. The molecule has 1 aliphatic rings. The quantitative estimate of drug-likeness (QED) is 0.820. The topological polar surface area (TPSA) is 36.4 Å². The monoisotopic (exact) mass is 369 g/mol. The minimum atomic E-state index is -0.210. The molecule has 1 fully saturated rings. The summed E-state index contributed by atoms with van der Waals surface area (Å²) < 4.78 is 13.2. The van der Waals surface area contributed by atoms with Gasteiger partial charge in [-0.2, -0.15) is 0 Å². The summed E-state index contributed by atoms with van der Waals surface area (Å²) in [4.78, 5) is 21.6. The second kappa shape index (κ2) is 8.61. The molecule has 0 aliphatic carbocycles. The Morgan fingerprint density at radius 3 is 2.56 bits per heavy atom.